The van der Waals surface area contributed by atoms with Crippen molar-refractivity contribution in [1.29, 1.82) is 0 Å². The summed E-state index contributed by atoms with van der Waals surface area (Å²) in [6, 6.07) is 15.1. The van der Waals surface area contributed by atoms with Gasteiger partial charge in [0.2, 0.25) is 0 Å². The molecule has 0 saturated heterocycles. The third-order valence-corrected chi connectivity index (χ3v) is 4.69. The highest BCUT2D eigenvalue weighted by Crippen LogP contribution is 2.35. The van der Waals surface area contributed by atoms with Crippen molar-refractivity contribution < 1.29 is 8.42 Å². The number of nitrogens with two attached hydrogens (primary N) is 1. The van der Waals surface area contributed by atoms with Crippen LogP contribution in [0.3, 0.4) is 0 Å². The highest BCUT2D eigenvalue weighted by atomic mass is 32.2. The van der Waals surface area contributed by atoms with Crippen LogP contribution in [0, 0.1) is 0 Å². The molecule has 0 radical (unpaired) electrons. The maximum absolute atomic E-state index is 11.5. The van der Waals surface area contributed by atoms with Gasteiger partial charge in [0.05, 0.1) is 11.3 Å². The fourth-order valence-electron chi connectivity index (χ4n) is 1.92. The van der Waals surface area contributed by atoms with E-state index in [4.69, 9.17) is 5.73 Å². The number of nitrogens with zero attached hydrogens (tertiary/aromatic N) is 1. The van der Waals surface area contributed by atoms with E-state index in [1.807, 2.05) is 36.4 Å². The van der Waals surface area contributed by atoms with E-state index < -0.39 is 10.2 Å². The van der Waals surface area contributed by atoms with E-state index in [0.29, 0.717) is 11.3 Å². The van der Waals surface area contributed by atoms with Crippen molar-refractivity contribution in [3.8, 4) is 0 Å². The largest absolute Gasteiger partial charge is 0.382 e. The predicted molar refractivity (Wildman–Crippen MR) is 80.3 cm³/mol. The lowest BCUT2D eigenvalue weighted by molar-refractivity contribution is 0.602. The van der Waals surface area contributed by atoms with Crippen LogP contribution in [-0.2, 0) is 10.2 Å². The zero-order chi connectivity index (χ0) is 14.2. The number of amidine groups is 1. The van der Waals surface area contributed by atoms with Crippen LogP contribution in [0.5, 0.6) is 0 Å². The van der Waals surface area contributed by atoms with E-state index in [0.717, 1.165) is 9.79 Å². The van der Waals surface area contributed by atoms with E-state index in [9.17, 15) is 8.42 Å². The van der Waals surface area contributed by atoms with E-state index in [1.165, 1.54) is 11.8 Å². The van der Waals surface area contributed by atoms with E-state index >= 15 is 0 Å². The molecule has 0 unspecified atom stereocenters. The van der Waals surface area contributed by atoms with Crippen molar-refractivity contribution in [1.82, 2.24) is 0 Å². The lowest BCUT2D eigenvalue weighted by Gasteiger charge is -2.18. The smallest absolute Gasteiger partial charge is 0.344 e. The summed E-state index contributed by atoms with van der Waals surface area (Å²) >= 11 is 1.51. The molecular weight excluding hydrogens is 294 g/mol. The molecule has 0 aliphatic carbocycles. The first-order chi connectivity index (χ1) is 9.55. The molecule has 20 heavy (non-hydrogen) atoms. The number of fused-ring (bicyclic) bond motifs is 1. The molecule has 2 aromatic rings. The second-order valence-electron chi connectivity index (χ2n) is 4.15. The van der Waals surface area contributed by atoms with Gasteiger partial charge in [0.15, 0.2) is 0 Å². The molecule has 3 rings (SSSR count). The Labute approximate surface area is 121 Å². The number of hydrogen-bond donors (Lipinski definition) is 2. The van der Waals surface area contributed by atoms with Gasteiger partial charge in [-0.25, -0.2) is 0 Å². The number of anilines is 1. The summed E-state index contributed by atoms with van der Waals surface area (Å²) in [7, 11) is -3.73. The average Bonchev–Trinajstić information content (AvgIpc) is 2.38. The molecule has 0 amide bonds. The lowest BCUT2D eigenvalue weighted by atomic mass is 10.1. The van der Waals surface area contributed by atoms with Gasteiger partial charge >= 0.3 is 10.2 Å². The van der Waals surface area contributed by atoms with Gasteiger partial charge in [0.25, 0.3) is 0 Å². The molecule has 0 atom stereocenters. The van der Waals surface area contributed by atoms with Crippen LogP contribution in [0.4, 0.5) is 5.69 Å². The highest BCUT2D eigenvalue weighted by Gasteiger charge is 2.23. The SMILES string of the molecule is NC1=NS(=O)(=O)Nc2cccc(Sc3ccccc3)c21. The molecule has 1 aliphatic heterocycles. The van der Waals surface area contributed by atoms with Crippen LogP contribution in [-0.4, -0.2) is 14.3 Å². The number of benzene rings is 2. The van der Waals surface area contributed by atoms with Crippen LogP contribution >= 0.6 is 11.8 Å². The molecule has 0 bridgehead atoms. The summed E-state index contributed by atoms with van der Waals surface area (Å²) in [4.78, 5) is 1.90. The molecule has 3 N–H and O–H groups in total. The first kappa shape index (κ1) is 13.0. The van der Waals surface area contributed by atoms with Crippen LogP contribution in [0.1, 0.15) is 5.56 Å². The highest BCUT2D eigenvalue weighted by molar-refractivity contribution is 7.99. The molecule has 0 spiro atoms. The van der Waals surface area contributed by atoms with Gasteiger partial charge in [-0.1, -0.05) is 36.0 Å². The first-order valence-corrected chi connectivity index (χ1v) is 8.05. The van der Waals surface area contributed by atoms with Crippen LogP contribution in [0.15, 0.2) is 62.7 Å². The minimum absolute atomic E-state index is 0.0118. The van der Waals surface area contributed by atoms with Gasteiger partial charge in [-0.3, -0.25) is 4.72 Å². The van der Waals surface area contributed by atoms with Gasteiger partial charge < -0.3 is 5.73 Å². The fourth-order valence-corrected chi connectivity index (χ4v) is 3.77. The zero-order valence-electron chi connectivity index (χ0n) is 10.3. The Balaban J connectivity index is 2.07. The second kappa shape index (κ2) is 4.84. The minimum atomic E-state index is -3.73. The Morgan fingerprint density at radius 1 is 1.05 bits per heavy atom. The lowest BCUT2D eigenvalue weighted by Crippen LogP contribution is -2.26. The summed E-state index contributed by atoms with van der Waals surface area (Å²) in [6.07, 6.45) is 0. The minimum Gasteiger partial charge on any atom is -0.382 e. The van der Waals surface area contributed by atoms with Gasteiger partial charge in [0, 0.05) is 9.79 Å². The maximum Gasteiger partial charge on any atom is 0.344 e. The molecular formula is C13H11N3O2S2. The van der Waals surface area contributed by atoms with E-state index in [2.05, 4.69) is 9.12 Å². The summed E-state index contributed by atoms with van der Waals surface area (Å²) in [5, 5.41) is 0. The molecule has 102 valence electrons. The fraction of sp³-hybridized carbons (Fsp3) is 0. The molecule has 2 aromatic carbocycles. The van der Waals surface area contributed by atoms with Crippen molar-refractivity contribution in [3.63, 3.8) is 0 Å². The standard InChI is InChI=1S/C13H11N3O2S2/c14-13-12-10(15-20(17,18)16-13)7-4-8-11(12)19-9-5-2-1-3-6-9/h1-8,15H,(H2,14,16). The van der Waals surface area contributed by atoms with Gasteiger partial charge in [0.1, 0.15) is 5.84 Å². The molecule has 0 saturated carbocycles. The van der Waals surface area contributed by atoms with Crippen molar-refractivity contribution in [2.45, 2.75) is 9.79 Å². The van der Waals surface area contributed by atoms with Crippen LogP contribution in [0.2, 0.25) is 0 Å². The number of nitrogens with one attached hydrogen (secondary N) is 1. The Hall–Kier alpha value is -1.99. The third-order valence-electron chi connectivity index (χ3n) is 2.71. The predicted octanol–water partition coefficient (Wildman–Crippen LogP) is 2.21. The normalized spacial score (nSPS) is 15.9. The summed E-state index contributed by atoms with van der Waals surface area (Å²) < 4.78 is 28.9. The van der Waals surface area contributed by atoms with Gasteiger partial charge in [-0.2, -0.15) is 8.42 Å². The Morgan fingerprint density at radius 3 is 2.55 bits per heavy atom. The van der Waals surface area contributed by atoms with Crippen LogP contribution < -0.4 is 10.5 Å². The molecule has 1 heterocycles. The molecule has 0 fully saturated rings. The zero-order valence-corrected chi connectivity index (χ0v) is 11.9. The first-order valence-electron chi connectivity index (χ1n) is 5.80. The van der Waals surface area contributed by atoms with Crippen molar-refractivity contribution in [2.24, 2.45) is 10.1 Å². The Kier molecular flexibility index (Phi) is 3.15. The summed E-state index contributed by atoms with van der Waals surface area (Å²) in [6.45, 7) is 0. The van der Waals surface area contributed by atoms with Gasteiger partial charge in [-0.15, -0.1) is 4.40 Å². The van der Waals surface area contributed by atoms with Crippen LogP contribution in [0.25, 0.3) is 0 Å². The van der Waals surface area contributed by atoms with Gasteiger partial charge in [-0.05, 0) is 24.3 Å². The summed E-state index contributed by atoms with van der Waals surface area (Å²) in [5.41, 5.74) is 6.87. The average molecular weight is 305 g/mol. The topological polar surface area (TPSA) is 84.5 Å². The third kappa shape index (κ3) is 2.50. The second-order valence-corrected chi connectivity index (χ2v) is 6.60. The van der Waals surface area contributed by atoms with Crippen molar-refractivity contribution in [2.75, 3.05) is 4.72 Å². The van der Waals surface area contributed by atoms with E-state index in [1.54, 1.807) is 12.1 Å². The number of hydrogen-bond acceptors (Lipinski definition) is 4. The molecule has 7 heteroatoms. The summed E-state index contributed by atoms with van der Waals surface area (Å²) in [5.74, 6) is 0.0118. The monoisotopic (exact) mass is 305 g/mol. The Bertz CT molecular complexity index is 787. The van der Waals surface area contributed by atoms with Crippen molar-refractivity contribution in [3.05, 3.63) is 54.1 Å². The molecule has 1 aliphatic rings. The molecule has 0 aromatic heterocycles. The van der Waals surface area contributed by atoms with E-state index in [-0.39, 0.29) is 5.84 Å². The Morgan fingerprint density at radius 2 is 1.80 bits per heavy atom. The van der Waals surface area contributed by atoms with Crippen molar-refractivity contribution >= 4 is 33.5 Å². The maximum atomic E-state index is 11.5. The molecule has 5 nitrogen and oxygen atoms in total. The number of rotatable bonds is 2. The quantitative estimate of drug-likeness (QED) is 0.891.